The molecule has 0 heterocycles. The maximum absolute atomic E-state index is 11.1. The number of carboxylic acid groups (broad SMARTS) is 1. The second kappa shape index (κ2) is 9.67. The van der Waals surface area contributed by atoms with E-state index in [1.165, 1.54) is 0 Å². The van der Waals surface area contributed by atoms with Crippen molar-refractivity contribution in [2.45, 2.75) is 20.1 Å². The minimum Gasteiger partial charge on any atom is -0.478 e. The van der Waals surface area contributed by atoms with Crippen molar-refractivity contribution in [1.29, 1.82) is 0 Å². The van der Waals surface area contributed by atoms with Crippen LogP contribution in [0.5, 0.6) is 0 Å². The normalized spacial score (nSPS) is 10.9. The summed E-state index contributed by atoms with van der Waals surface area (Å²) in [5, 5.41) is 7.60. The molecule has 1 unspecified atom stereocenters. The largest absolute Gasteiger partial charge is 0.478 e. The van der Waals surface area contributed by atoms with Gasteiger partial charge in [-0.1, -0.05) is 13.2 Å². The molecule has 1 N–H and O–H groups in total. The van der Waals surface area contributed by atoms with Crippen LogP contribution in [0.1, 0.15) is 13.8 Å². The number of hydrogen-bond acceptors (Lipinski definition) is 3. The maximum atomic E-state index is 11.1. The van der Waals surface area contributed by atoms with Crippen LogP contribution in [0.4, 0.5) is 0 Å². The molecule has 0 aliphatic carbocycles. The van der Waals surface area contributed by atoms with Crippen molar-refractivity contribution in [1.82, 2.24) is 0 Å². The van der Waals surface area contributed by atoms with Crippen molar-refractivity contribution in [2.24, 2.45) is 0 Å². The Morgan fingerprint density at radius 3 is 1.83 bits per heavy atom. The third-order valence-corrected chi connectivity index (χ3v) is 1.89. The zero-order valence-corrected chi connectivity index (χ0v) is 12.4. The summed E-state index contributed by atoms with van der Waals surface area (Å²) in [5.74, 6) is -1.31. The zero-order chi connectivity index (χ0) is 14.2. The molecule has 5 nitrogen and oxygen atoms in total. The van der Waals surface area contributed by atoms with Crippen LogP contribution < -0.4 is 0 Å². The molecular formula is C12H23ClNO4+. The van der Waals surface area contributed by atoms with E-state index in [0.717, 1.165) is 6.08 Å². The first kappa shape index (κ1) is 21.9. The molecule has 18 heavy (non-hydrogen) atoms. The van der Waals surface area contributed by atoms with Crippen molar-refractivity contribution in [3.8, 4) is 0 Å². The van der Waals surface area contributed by atoms with Crippen LogP contribution >= 0.6 is 12.4 Å². The summed E-state index contributed by atoms with van der Waals surface area (Å²) in [4.78, 5) is 20.3. The topological polar surface area (TPSA) is 63.6 Å². The zero-order valence-electron chi connectivity index (χ0n) is 11.6. The highest BCUT2D eigenvalue weighted by Crippen LogP contribution is 2.06. The lowest BCUT2D eigenvalue weighted by Gasteiger charge is -2.30. The molecule has 6 heteroatoms. The average Bonchev–Trinajstić information content (AvgIpc) is 2.16. The van der Waals surface area contributed by atoms with Gasteiger partial charge in [-0.2, -0.15) is 0 Å². The summed E-state index contributed by atoms with van der Waals surface area (Å²) in [6.07, 6.45) is 0.689. The molecule has 0 spiro atoms. The van der Waals surface area contributed by atoms with Gasteiger partial charge in [-0.05, 0) is 6.92 Å². The summed E-state index contributed by atoms with van der Waals surface area (Å²) >= 11 is 0. The van der Waals surface area contributed by atoms with Gasteiger partial charge in [0.1, 0.15) is 0 Å². The minimum atomic E-state index is -0.981. The van der Waals surface area contributed by atoms with Crippen LogP contribution in [0.3, 0.4) is 0 Å². The fraction of sp³-hybridized carbons (Fsp3) is 0.500. The van der Waals surface area contributed by atoms with E-state index in [9.17, 15) is 9.59 Å². The van der Waals surface area contributed by atoms with Crippen molar-refractivity contribution in [2.75, 3.05) is 21.1 Å². The van der Waals surface area contributed by atoms with Crippen LogP contribution in [0.25, 0.3) is 0 Å². The van der Waals surface area contributed by atoms with E-state index in [1.54, 1.807) is 6.92 Å². The number of hydrogen-bond donors (Lipinski definition) is 1. The van der Waals surface area contributed by atoms with Crippen molar-refractivity contribution >= 4 is 24.3 Å². The Morgan fingerprint density at radius 1 is 1.33 bits per heavy atom. The molecule has 0 aromatic carbocycles. The third-order valence-electron chi connectivity index (χ3n) is 1.89. The van der Waals surface area contributed by atoms with Crippen LogP contribution in [0, 0.1) is 0 Å². The molecule has 0 rings (SSSR count). The van der Waals surface area contributed by atoms with Crippen LogP contribution in [0.15, 0.2) is 24.8 Å². The van der Waals surface area contributed by atoms with Crippen LogP contribution in [-0.2, 0) is 14.3 Å². The van der Waals surface area contributed by atoms with E-state index in [1.807, 2.05) is 28.1 Å². The highest BCUT2D eigenvalue weighted by atomic mass is 35.5. The number of esters is 1. The van der Waals surface area contributed by atoms with Crippen molar-refractivity contribution < 1.29 is 23.9 Å². The Hall–Kier alpha value is -1.33. The fourth-order valence-electron chi connectivity index (χ4n) is 0.414. The average molecular weight is 281 g/mol. The Bertz CT molecular complexity index is 308. The molecule has 0 aromatic heterocycles. The molecule has 0 fully saturated rings. The Labute approximate surface area is 115 Å². The van der Waals surface area contributed by atoms with E-state index < -0.39 is 5.97 Å². The molecule has 1 atom stereocenters. The van der Waals surface area contributed by atoms with Gasteiger partial charge in [-0.3, -0.25) is 4.48 Å². The van der Waals surface area contributed by atoms with Gasteiger partial charge in [-0.25, -0.2) is 9.59 Å². The summed E-state index contributed by atoms with van der Waals surface area (Å²) in [7, 11) is 5.91. The van der Waals surface area contributed by atoms with Gasteiger partial charge in [0.25, 0.3) is 0 Å². The Kier molecular flexibility index (Phi) is 11.8. The molecule has 0 aromatic rings. The highest BCUT2D eigenvalue weighted by molar-refractivity contribution is 5.87. The molecule has 0 saturated heterocycles. The first-order valence-electron chi connectivity index (χ1n) is 5.05. The number of carboxylic acids is 1. The molecule has 0 amide bonds. The quantitative estimate of drug-likeness (QED) is 0.369. The van der Waals surface area contributed by atoms with E-state index in [2.05, 4.69) is 13.2 Å². The standard InChI is InChI=1S/C9H18NO2.C3H4O2.ClH/c1-7(2)9(11)12-8(3)10(4,5)6;1-2-3(4)5;/h8H,1H2,2-6H3;2H,1H2,(H,4,5);1H/q+1;;. The number of carbonyl (C=O) groups excluding carboxylic acids is 1. The SMILES string of the molecule is C=C(C)C(=O)OC(C)[N+](C)(C)C.C=CC(=O)O.Cl. The number of aliphatic carboxylic acids is 1. The summed E-state index contributed by atoms with van der Waals surface area (Å²) in [5.41, 5.74) is 0.440. The molecule has 0 aliphatic heterocycles. The van der Waals surface area contributed by atoms with Gasteiger partial charge < -0.3 is 9.84 Å². The smallest absolute Gasteiger partial charge is 0.337 e. The first-order valence-corrected chi connectivity index (χ1v) is 5.05. The number of ether oxygens (including phenoxy) is 1. The van der Waals surface area contributed by atoms with Crippen molar-refractivity contribution in [3.05, 3.63) is 24.8 Å². The number of halogens is 1. The lowest BCUT2D eigenvalue weighted by Crippen LogP contribution is -2.45. The summed E-state index contributed by atoms with van der Waals surface area (Å²) in [6.45, 7) is 9.97. The predicted molar refractivity (Wildman–Crippen MR) is 73.5 cm³/mol. The van der Waals surface area contributed by atoms with E-state index in [4.69, 9.17) is 9.84 Å². The Balaban J connectivity index is -0.000000321. The lowest BCUT2D eigenvalue weighted by molar-refractivity contribution is -0.914. The summed E-state index contributed by atoms with van der Waals surface area (Å²) in [6, 6.07) is 0. The van der Waals surface area contributed by atoms with E-state index in [0.29, 0.717) is 10.1 Å². The highest BCUT2D eigenvalue weighted by Gasteiger charge is 2.22. The van der Waals surface area contributed by atoms with Crippen molar-refractivity contribution in [3.63, 3.8) is 0 Å². The monoisotopic (exact) mass is 280 g/mol. The van der Waals surface area contributed by atoms with Gasteiger partial charge in [0.05, 0.1) is 21.1 Å². The predicted octanol–water partition coefficient (Wildman–Crippen LogP) is 1.84. The fourth-order valence-corrected chi connectivity index (χ4v) is 0.414. The molecule has 106 valence electrons. The minimum absolute atomic E-state index is 0. The number of rotatable bonds is 4. The van der Waals surface area contributed by atoms with Gasteiger partial charge in [-0.15, -0.1) is 12.4 Å². The first-order chi connectivity index (χ1) is 7.52. The van der Waals surface area contributed by atoms with Crippen LogP contribution in [0.2, 0.25) is 0 Å². The third kappa shape index (κ3) is 12.7. The van der Waals surface area contributed by atoms with Crippen LogP contribution in [-0.4, -0.2) is 48.9 Å². The number of nitrogens with zero attached hydrogens (tertiary/aromatic N) is 1. The van der Waals surface area contributed by atoms with E-state index >= 15 is 0 Å². The number of quaternary nitrogens is 1. The molecule has 0 bridgehead atoms. The lowest BCUT2D eigenvalue weighted by atomic mass is 10.3. The molecule has 0 radical (unpaired) electrons. The van der Waals surface area contributed by atoms with Gasteiger partial charge in [0.2, 0.25) is 6.23 Å². The number of carbonyl (C=O) groups is 2. The maximum Gasteiger partial charge on any atom is 0.337 e. The Morgan fingerprint density at radius 2 is 1.67 bits per heavy atom. The molecule has 0 saturated carbocycles. The molecular weight excluding hydrogens is 258 g/mol. The second-order valence-electron chi connectivity index (χ2n) is 4.44. The molecule has 0 aliphatic rings. The summed E-state index contributed by atoms with van der Waals surface area (Å²) < 4.78 is 5.71. The van der Waals surface area contributed by atoms with Gasteiger partial charge >= 0.3 is 11.9 Å². The van der Waals surface area contributed by atoms with Gasteiger partial charge in [0.15, 0.2) is 0 Å². The van der Waals surface area contributed by atoms with E-state index in [-0.39, 0.29) is 24.6 Å². The van der Waals surface area contributed by atoms with Gasteiger partial charge in [0, 0.05) is 18.6 Å². The second-order valence-corrected chi connectivity index (χ2v) is 4.44.